The number of carbonyl (C=O) groups excluding carboxylic acids is 1. The number of hydrogen-bond acceptors (Lipinski definition) is 4. The molecule has 21 heavy (non-hydrogen) atoms. The van der Waals surface area contributed by atoms with Crippen LogP contribution in [-0.2, 0) is 4.79 Å². The second kappa shape index (κ2) is 6.56. The van der Waals surface area contributed by atoms with Gasteiger partial charge in [-0.2, -0.15) is 0 Å². The lowest BCUT2D eigenvalue weighted by molar-refractivity contribution is -0.137. The quantitative estimate of drug-likeness (QED) is 0.912. The van der Waals surface area contributed by atoms with Gasteiger partial charge in [0.25, 0.3) is 5.91 Å². The summed E-state index contributed by atoms with van der Waals surface area (Å²) in [5.41, 5.74) is 0.474. The molecular weight excluding hydrogens is 270 g/mol. The second-order valence-electron chi connectivity index (χ2n) is 5.50. The highest BCUT2D eigenvalue weighted by molar-refractivity contribution is 5.96. The number of carboxylic acid groups (broad SMARTS) is 1. The zero-order valence-corrected chi connectivity index (χ0v) is 12.5. The van der Waals surface area contributed by atoms with Crippen molar-refractivity contribution in [1.29, 1.82) is 0 Å². The molecule has 1 N–H and O–H groups in total. The van der Waals surface area contributed by atoms with E-state index in [0.717, 1.165) is 25.2 Å². The molecule has 0 aromatic carbocycles. The predicted octanol–water partition coefficient (Wildman–Crippen LogP) is 1.62. The molecule has 0 radical (unpaired) electrons. The van der Waals surface area contributed by atoms with Crippen LogP contribution in [0, 0.1) is 0 Å². The highest BCUT2D eigenvalue weighted by Crippen LogP contribution is 2.23. The Hall–Kier alpha value is -2.11. The fraction of sp³-hybridized carbons (Fsp3) is 0.533. The number of pyridine rings is 1. The van der Waals surface area contributed by atoms with Crippen LogP contribution in [0.2, 0.25) is 0 Å². The normalized spacial score (nSPS) is 18.4. The Labute approximate surface area is 124 Å². The van der Waals surface area contributed by atoms with E-state index in [-0.39, 0.29) is 12.5 Å². The van der Waals surface area contributed by atoms with E-state index in [2.05, 4.69) is 16.8 Å². The first-order valence-electron chi connectivity index (χ1n) is 7.19. The molecule has 1 saturated heterocycles. The average molecular weight is 291 g/mol. The Morgan fingerprint density at radius 1 is 1.48 bits per heavy atom. The van der Waals surface area contributed by atoms with E-state index in [9.17, 15) is 9.59 Å². The van der Waals surface area contributed by atoms with Crippen LogP contribution in [0.4, 0.5) is 5.82 Å². The first-order chi connectivity index (χ1) is 9.99. The lowest BCUT2D eigenvalue weighted by Crippen LogP contribution is -2.38. The summed E-state index contributed by atoms with van der Waals surface area (Å²) in [6.45, 7) is 2.79. The first-order valence-corrected chi connectivity index (χ1v) is 7.19. The fourth-order valence-electron chi connectivity index (χ4n) is 2.64. The number of likely N-dealkylation sites (N-methyl/N-ethyl adjacent to an activating group) is 1. The van der Waals surface area contributed by atoms with Crippen molar-refractivity contribution >= 4 is 17.7 Å². The zero-order valence-electron chi connectivity index (χ0n) is 12.5. The largest absolute Gasteiger partial charge is 0.480 e. The Bertz CT molecular complexity index is 533. The topological polar surface area (TPSA) is 73.7 Å². The number of amides is 1. The summed E-state index contributed by atoms with van der Waals surface area (Å²) in [4.78, 5) is 30.7. The summed E-state index contributed by atoms with van der Waals surface area (Å²) in [5.74, 6) is -0.535. The number of aliphatic carboxylic acids is 1. The second-order valence-corrected chi connectivity index (χ2v) is 5.50. The number of anilines is 1. The summed E-state index contributed by atoms with van der Waals surface area (Å²) in [5, 5.41) is 8.76. The van der Waals surface area contributed by atoms with Crippen molar-refractivity contribution in [3.8, 4) is 0 Å². The third-order valence-corrected chi connectivity index (χ3v) is 3.81. The minimum absolute atomic E-state index is 0.300. The van der Waals surface area contributed by atoms with Crippen molar-refractivity contribution in [2.45, 2.75) is 32.2 Å². The number of rotatable bonds is 4. The SMILES string of the molecule is CC1CCCCN1c1cc(C(=O)N(C)CC(=O)O)ccn1. The van der Waals surface area contributed by atoms with E-state index in [1.807, 2.05) is 0 Å². The van der Waals surface area contributed by atoms with E-state index in [4.69, 9.17) is 5.11 Å². The van der Waals surface area contributed by atoms with Crippen molar-refractivity contribution in [3.05, 3.63) is 23.9 Å². The fourth-order valence-corrected chi connectivity index (χ4v) is 2.64. The van der Waals surface area contributed by atoms with Gasteiger partial charge in [-0.25, -0.2) is 4.98 Å². The van der Waals surface area contributed by atoms with Gasteiger partial charge in [0.15, 0.2) is 0 Å². The summed E-state index contributed by atoms with van der Waals surface area (Å²) in [6.07, 6.45) is 5.08. The number of piperidine rings is 1. The predicted molar refractivity (Wildman–Crippen MR) is 79.5 cm³/mol. The van der Waals surface area contributed by atoms with Gasteiger partial charge in [0.2, 0.25) is 0 Å². The van der Waals surface area contributed by atoms with Crippen LogP contribution < -0.4 is 4.90 Å². The van der Waals surface area contributed by atoms with Gasteiger partial charge in [0.05, 0.1) is 0 Å². The van der Waals surface area contributed by atoms with E-state index < -0.39 is 5.97 Å². The maximum atomic E-state index is 12.2. The van der Waals surface area contributed by atoms with Crippen molar-refractivity contribution in [3.63, 3.8) is 0 Å². The lowest BCUT2D eigenvalue weighted by Gasteiger charge is -2.34. The van der Waals surface area contributed by atoms with Crippen molar-refractivity contribution in [1.82, 2.24) is 9.88 Å². The highest BCUT2D eigenvalue weighted by atomic mass is 16.4. The van der Waals surface area contributed by atoms with Crippen LogP contribution in [0.5, 0.6) is 0 Å². The van der Waals surface area contributed by atoms with Crippen LogP contribution in [0.25, 0.3) is 0 Å². The molecule has 1 aromatic rings. The molecule has 1 atom stereocenters. The van der Waals surface area contributed by atoms with Crippen LogP contribution >= 0.6 is 0 Å². The molecule has 0 spiro atoms. The maximum absolute atomic E-state index is 12.2. The van der Waals surface area contributed by atoms with Gasteiger partial charge in [-0.05, 0) is 38.3 Å². The number of nitrogens with zero attached hydrogens (tertiary/aromatic N) is 3. The van der Waals surface area contributed by atoms with Crippen LogP contribution in [-0.4, -0.2) is 53.0 Å². The average Bonchev–Trinajstić information content (AvgIpc) is 2.46. The molecule has 0 saturated carbocycles. The molecule has 114 valence electrons. The van der Waals surface area contributed by atoms with Crippen molar-refractivity contribution < 1.29 is 14.7 Å². The Kier molecular flexibility index (Phi) is 4.77. The molecule has 0 aliphatic carbocycles. The summed E-state index contributed by atoms with van der Waals surface area (Å²) >= 11 is 0. The van der Waals surface area contributed by atoms with E-state index in [0.29, 0.717) is 11.6 Å². The van der Waals surface area contributed by atoms with Gasteiger partial charge in [0, 0.05) is 31.4 Å². The van der Waals surface area contributed by atoms with E-state index in [1.165, 1.54) is 18.4 Å². The molecule has 1 unspecified atom stereocenters. The van der Waals surface area contributed by atoms with Gasteiger partial charge < -0.3 is 14.9 Å². The van der Waals surface area contributed by atoms with Crippen LogP contribution in [0.1, 0.15) is 36.5 Å². The maximum Gasteiger partial charge on any atom is 0.323 e. The van der Waals surface area contributed by atoms with Crippen LogP contribution in [0.15, 0.2) is 18.3 Å². The molecule has 1 aliphatic heterocycles. The molecular formula is C15H21N3O3. The van der Waals surface area contributed by atoms with Gasteiger partial charge in [-0.3, -0.25) is 9.59 Å². The molecule has 0 bridgehead atoms. The van der Waals surface area contributed by atoms with Crippen LogP contribution in [0.3, 0.4) is 0 Å². The molecule has 1 amide bonds. The standard InChI is InChI=1S/C15H21N3O3/c1-11-5-3-4-8-18(11)13-9-12(6-7-16-13)15(21)17(2)10-14(19)20/h6-7,9,11H,3-5,8,10H2,1-2H3,(H,19,20). The molecule has 6 heteroatoms. The smallest absolute Gasteiger partial charge is 0.323 e. The van der Waals surface area contributed by atoms with Gasteiger partial charge >= 0.3 is 5.97 Å². The third kappa shape index (κ3) is 3.71. The molecule has 2 rings (SSSR count). The lowest BCUT2D eigenvalue weighted by atomic mass is 10.0. The monoisotopic (exact) mass is 291 g/mol. The number of carbonyl (C=O) groups is 2. The van der Waals surface area contributed by atoms with Crippen molar-refractivity contribution in [2.24, 2.45) is 0 Å². The molecule has 1 fully saturated rings. The van der Waals surface area contributed by atoms with Crippen molar-refractivity contribution in [2.75, 3.05) is 25.0 Å². The highest BCUT2D eigenvalue weighted by Gasteiger charge is 2.21. The Morgan fingerprint density at radius 3 is 2.90 bits per heavy atom. The van der Waals surface area contributed by atoms with Gasteiger partial charge in [-0.1, -0.05) is 0 Å². The Balaban J connectivity index is 2.17. The zero-order chi connectivity index (χ0) is 15.4. The van der Waals surface area contributed by atoms with E-state index >= 15 is 0 Å². The van der Waals surface area contributed by atoms with E-state index in [1.54, 1.807) is 18.3 Å². The number of hydrogen-bond donors (Lipinski definition) is 1. The molecule has 6 nitrogen and oxygen atoms in total. The minimum Gasteiger partial charge on any atom is -0.480 e. The third-order valence-electron chi connectivity index (χ3n) is 3.81. The molecule has 1 aliphatic rings. The number of carboxylic acids is 1. The molecule has 1 aromatic heterocycles. The van der Waals surface area contributed by atoms with Gasteiger partial charge in [0.1, 0.15) is 12.4 Å². The first kappa shape index (κ1) is 15.3. The number of aromatic nitrogens is 1. The summed E-state index contributed by atoms with van der Waals surface area (Å²) in [7, 11) is 1.49. The summed E-state index contributed by atoms with van der Waals surface area (Å²) < 4.78 is 0. The summed E-state index contributed by atoms with van der Waals surface area (Å²) in [6, 6.07) is 3.79. The molecule has 2 heterocycles. The Morgan fingerprint density at radius 2 is 2.24 bits per heavy atom. The minimum atomic E-state index is -1.02. The van der Waals surface area contributed by atoms with Gasteiger partial charge in [-0.15, -0.1) is 0 Å².